The van der Waals surface area contributed by atoms with Gasteiger partial charge >= 0.3 is 0 Å². The van der Waals surface area contributed by atoms with Crippen LogP contribution in [0.2, 0.25) is 0 Å². The first-order chi connectivity index (χ1) is 12.6. The van der Waals surface area contributed by atoms with Crippen LogP contribution < -0.4 is 15.4 Å². The fourth-order valence-electron chi connectivity index (χ4n) is 2.74. The lowest BCUT2D eigenvalue weighted by Crippen LogP contribution is -2.36. The van der Waals surface area contributed by atoms with Crippen LogP contribution in [-0.4, -0.2) is 34.4 Å². The third-order valence-corrected chi connectivity index (χ3v) is 4.74. The molecule has 2 N–H and O–H groups in total. The summed E-state index contributed by atoms with van der Waals surface area (Å²) in [5, 5.41) is 11.1. The number of aryl methyl sites for hydroxylation is 2. The number of pyridine rings is 1. The molecular formula is C19H28N6O. The molecule has 0 aromatic carbocycles. The fraction of sp³-hybridized carbons (Fsp3) is 0.526. The van der Waals surface area contributed by atoms with Crippen molar-refractivity contribution in [3.63, 3.8) is 0 Å². The van der Waals surface area contributed by atoms with E-state index in [0.717, 1.165) is 35.4 Å². The van der Waals surface area contributed by atoms with E-state index in [2.05, 4.69) is 32.6 Å². The van der Waals surface area contributed by atoms with E-state index in [1.807, 2.05) is 37.0 Å². The molecule has 2 aromatic heterocycles. The van der Waals surface area contributed by atoms with Gasteiger partial charge in [0.05, 0.1) is 12.3 Å². The van der Waals surface area contributed by atoms with Crippen molar-refractivity contribution in [2.75, 3.05) is 13.7 Å². The standard InChI is InChI=1S/C19H28N6O/c1-13-17(14(2)25(4)24-13)11-23-19(20-3)22-10-16-7-8-18(21-9-16)26-12-15-5-6-15/h7-9,15H,5-6,10-12H2,1-4H3,(H2,20,22,23). The first kappa shape index (κ1) is 18.2. The van der Waals surface area contributed by atoms with Crippen molar-refractivity contribution in [2.45, 2.75) is 39.8 Å². The Balaban J connectivity index is 1.47. The molecule has 1 fully saturated rings. The smallest absolute Gasteiger partial charge is 0.213 e. The van der Waals surface area contributed by atoms with E-state index in [-0.39, 0.29) is 0 Å². The molecule has 1 saturated carbocycles. The average Bonchev–Trinajstić information content (AvgIpc) is 3.43. The number of aliphatic imine (C=N–C) groups is 1. The second kappa shape index (κ2) is 8.21. The zero-order valence-electron chi connectivity index (χ0n) is 16.0. The van der Waals surface area contributed by atoms with Gasteiger partial charge in [-0.25, -0.2) is 4.98 Å². The molecule has 0 aliphatic heterocycles. The fourth-order valence-corrected chi connectivity index (χ4v) is 2.74. The maximum atomic E-state index is 5.67. The van der Waals surface area contributed by atoms with Crippen LogP contribution in [0.5, 0.6) is 5.88 Å². The first-order valence-corrected chi connectivity index (χ1v) is 9.08. The molecule has 1 aliphatic rings. The third-order valence-electron chi connectivity index (χ3n) is 4.74. The molecule has 0 unspecified atom stereocenters. The summed E-state index contributed by atoms with van der Waals surface area (Å²) in [5.41, 5.74) is 4.49. The lowest BCUT2D eigenvalue weighted by Gasteiger charge is -2.12. The zero-order chi connectivity index (χ0) is 18.5. The van der Waals surface area contributed by atoms with Crippen LogP contribution in [0.4, 0.5) is 0 Å². The van der Waals surface area contributed by atoms with Gasteiger partial charge in [-0.3, -0.25) is 9.67 Å². The van der Waals surface area contributed by atoms with Crippen LogP contribution >= 0.6 is 0 Å². The Bertz CT molecular complexity index is 761. The Morgan fingerprint density at radius 1 is 1.27 bits per heavy atom. The van der Waals surface area contributed by atoms with Crippen LogP contribution in [0.1, 0.15) is 35.4 Å². The van der Waals surface area contributed by atoms with Crippen molar-refractivity contribution >= 4 is 5.96 Å². The van der Waals surface area contributed by atoms with Gasteiger partial charge in [-0.1, -0.05) is 6.07 Å². The summed E-state index contributed by atoms with van der Waals surface area (Å²) in [4.78, 5) is 8.65. The highest BCUT2D eigenvalue weighted by molar-refractivity contribution is 5.79. The molecule has 2 aromatic rings. The summed E-state index contributed by atoms with van der Waals surface area (Å²) in [6, 6.07) is 3.96. The highest BCUT2D eigenvalue weighted by Crippen LogP contribution is 2.29. The molecule has 7 heteroatoms. The van der Waals surface area contributed by atoms with E-state index < -0.39 is 0 Å². The van der Waals surface area contributed by atoms with Crippen LogP contribution in [0.15, 0.2) is 23.3 Å². The van der Waals surface area contributed by atoms with E-state index in [4.69, 9.17) is 4.74 Å². The molecule has 2 heterocycles. The van der Waals surface area contributed by atoms with E-state index in [0.29, 0.717) is 19.0 Å². The summed E-state index contributed by atoms with van der Waals surface area (Å²) in [5.74, 6) is 2.19. The first-order valence-electron chi connectivity index (χ1n) is 9.08. The normalized spacial score (nSPS) is 14.4. The monoisotopic (exact) mass is 356 g/mol. The maximum absolute atomic E-state index is 5.67. The lowest BCUT2D eigenvalue weighted by atomic mass is 10.2. The molecule has 7 nitrogen and oxygen atoms in total. The number of hydrogen-bond donors (Lipinski definition) is 2. The summed E-state index contributed by atoms with van der Waals surface area (Å²) < 4.78 is 7.57. The van der Waals surface area contributed by atoms with Gasteiger partial charge in [0.25, 0.3) is 0 Å². The Kier molecular flexibility index (Phi) is 5.75. The Labute approximate surface area is 154 Å². The van der Waals surface area contributed by atoms with Crippen molar-refractivity contribution in [1.29, 1.82) is 0 Å². The van der Waals surface area contributed by atoms with Gasteiger partial charge in [0, 0.05) is 50.7 Å². The number of ether oxygens (including phenoxy) is 1. The number of nitrogens with zero attached hydrogens (tertiary/aromatic N) is 4. The molecule has 3 rings (SSSR count). The van der Waals surface area contributed by atoms with Crippen molar-refractivity contribution < 1.29 is 4.74 Å². The second-order valence-electron chi connectivity index (χ2n) is 6.81. The Morgan fingerprint density at radius 3 is 2.62 bits per heavy atom. The van der Waals surface area contributed by atoms with Crippen molar-refractivity contribution in [2.24, 2.45) is 18.0 Å². The molecule has 0 atom stereocenters. The molecule has 26 heavy (non-hydrogen) atoms. The van der Waals surface area contributed by atoms with Gasteiger partial charge in [-0.05, 0) is 38.2 Å². The minimum absolute atomic E-state index is 0.653. The summed E-state index contributed by atoms with van der Waals surface area (Å²) in [6.07, 6.45) is 4.41. The minimum Gasteiger partial charge on any atom is -0.477 e. The largest absolute Gasteiger partial charge is 0.477 e. The van der Waals surface area contributed by atoms with E-state index in [1.54, 1.807) is 7.05 Å². The average molecular weight is 356 g/mol. The molecular weight excluding hydrogens is 328 g/mol. The third kappa shape index (κ3) is 4.74. The van der Waals surface area contributed by atoms with E-state index in [9.17, 15) is 0 Å². The Morgan fingerprint density at radius 2 is 2.04 bits per heavy atom. The highest BCUT2D eigenvalue weighted by Gasteiger charge is 2.22. The van der Waals surface area contributed by atoms with Gasteiger partial charge < -0.3 is 15.4 Å². The minimum atomic E-state index is 0.653. The molecule has 0 amide bonds. The summed E-state index contributed by atoms with van der Waals surface area (Å²) in [7, 11) is 3.73. The van der Waals surface area contributed by atoms with Crippen LogP contribution in [0.25, 0.3) is 0 Å². The lowest BCUT2D eigenvalue weighted by molar-refractivity contribution is 0.288. The SMILES string of the molecule is CN=C(NCc1ccc(OCC2CC2)nc1)NCc1c(C)nn(C)c1C. The van der Waals surface area contributed by atoms with E-state index in [1.165, 1.54) is 18.4 Å². The quantitative estimate of drug-likeness (QED) is 0.587. The molecule has 1 aliphatic carbocycles. The molecule has 0 saturated heterocycles. The van der Waals surface area contributed by atoms with Gasteiger partial charge in [-0.15, -0.1) is 0 Å². The van der Waals surface area contributed by atoms with Crippen LogP contribution in [0.3, 0.4) is 0 Å². The predicted octanol–water partition coefficient (Wildman–Crippen LogP) is 2.09. The van der Waals surface area contributed by atoms with Gasteiger partial charge in [0.2, 0.25) is 5.88 Å². The van der Waals surface area contributed by atoms with Crippen LogP contribution in [0, 0.1) is 19.8 Å². The van der Waals surface area contributed by atoms with Crippen LogP contribution in [-0.2, 0) is 20.1 Å². The van der Waals surface area contributed by atoms with Crippen molar-refractivity contribution in [1.82, 2.24) is 25.4 Å². The van der Waals surface area contributed by atoms with Crippen molar-refractivity contribution in [3.8, 4) is 5.88 Å². The number of aromatic nitrogens is 3. The summed E-state index contributed by atoms with van der Waals surface area (Å²) >= 11 is 0. The number of guanidine groups is 1. The van der Waals surface area contributed by atoms with Gasteiger partial charge in [0.1, 0.15) is 0 Å². The number of nitrogens with one attached hydrogen (secondary N) is 2. The number of rotatable bonds is 7. The zero-order valence-corrected chi connectivity index (χ0v) is 16.0. The molecule has 0 spiro atoms. The second-order valence-corrected chi connectivity index (χ2v) is 6.81. The van der Waals surface area contributed by atoms with Crippen molar-refractivity contribution in [3.05, 3.63) is 40.8 Å². The summed E-state index contributed by atoms with van der Waals surface area (Å²) in [6.45, 7) is 6.23. The molecule has 0 radical (unpaired) electrons. The molecule has 140 valence electrons. The van der Waals surface area contributed by atoms with E-state index >= 15 is 0 Å². The maximum Gasteiger partial charge on any atom is 0.213 e. The van der Waals surface area contributed by atoms with Gasteiger partial charge in [-0.2, -0.15) is 5.10 Å². The topological polar surface area (TPSA) is 76.4 Å². The number of hydrogen-bond acceptors (Lipinski definition) is 4. The predicted molar refractivity (Wildman–Crippen MR) is 102 cm³/mol. The Hall–Kier alpha value is -2.57. The molecule has 0 bridgehead atoms. The van der Waals surface area contributed by atoms with Gasteiger partial charge in [0.15, 0.2) is 5.96 Å². The highest BCUT2D eigenvalue weighted by atomic mass is 16.5.